The van der Waals surface area contributed by atoms with E-state index in [9.17, 15) is 5.11 Å². The van der Waals surface area contributed by atoms with E-state index in [1.807, 2.05) is 12.1 Å². The second kappa shape index (κ2) is 5.90. The summed E-state index contributed by atoms with van der Waals surface area (Å²) in [4.78, 5) is 0. The fourth-order valence-corrected chi connectivity index (χ4v) is 1.46. The molecule has 0 amide bonds. The van der Waals surface area contributed by atoms with E-state index < -0.39 is 5.60 Å². The molecule has 0 aliphatic heterocycles. The molecule has 0 atom stereocenters. The lowest BCUT2D eigenvalue weighted by Gasteiger charge is -2.17. The molecule has 0 saturated carbocycles. The summed E-state index contributed by atoms with van der Waals surface area (Å²) in [5.74, 6) is 0.879. The van der Waals surface area contributed by atoms with E-state index in [-0.39, 0.29) is 0 Å². The van der Waals surface area contributed by atoms with Crippen LogP contribution in [0.15, 0.2) is 24.3 Å². The Morgan fingerprint density at radius 2 is 1.81 bits per heavy atom. The molecule has 2 nitrogen and oxygen atoms in total. The minimum absolute atomic E-state index is 0.552. The Labute approximate surface area is 98.3 Å². The first-order chi connectivity index (χ1) is 7.51. The molecule has 2 heteroatoms. The fraction of sp³-hybridized carbons (Fsp3) is 0.571. The third-order valence-corrected chi connectivity index (χ3v) is 2.44. The molecule has 1 aromatic carbocycles. The average molecular weight is 222 g/mol. The van der Waals surface area contributed by atoms with Crippen LogP contribution in [-0.2, 0) is 6.42 Å². The molecule has 0 fully saturated rings. The van der Waals surface area contributed by atoms with E-state index in [2.05, 4.69) is 19.1 Å². The fourth-order valence-electron chi connectivity index (χ4n) is 1.46. The second-order valence-corrected chi connectivity index (χ2v) is 4.80. The summed E-state index contributed by atoms with van der Waals surface area (Å²) in [5, 5.41) is 9.53. The Kier molecular flexibility index (Phi) is 4.81. The van der Waals surface area contributed by atoms with Gasteiger partial charge in [-0.3, -0.25) is 0 Å². The SMILES string of the molecule is CCCc1ccc(OCCC(C)(C)O)cc1. The normalized spacial score (nSPS) is 11.5. The van der Waals surface area contributed by atoms with Gasteiger partial charge in [0.1, 0.15) is 5.75 Å². The van der Waals surface area contributed by atoms with Gasteiger partial charge in [-0.25, -0.2) is 0 Å². The minimum Gasteiger partial charge on any atom is -0.493 e. The van der Waals surface area contributed by atoms with Crippen LogP contribution < -0.4 is 4.74 Å². The Hall–Kier alpha value is -1.02. The number of hydrogen-bond donors (Lipinski definition) is 1. The molecule has 0 saturated heterocycles. The van der Waals surface area contributed by atoms with Crippen molar-refractivity contribution in [1.29, 1.82) is 0 Å². The van der Waals surface area contributed by atoms with Crippen molar-refractivity contribution in [3.8, 4) is 5.75 Å². The highest BCUT2D eigenvalue weighted by Gasteiger charge is 2.11. The third kappa shape index (κ3) is 5.17. The highest BCUT2D eigenvalue weighted by Crippen LogP contribution is 2.15. The largest absolute Gasteiger partial charge is 0.493 e. The number of benzene rings is 1. The van der Waals surface area contributed by atoms with Crippen LogP contribution in [0.3, 0.4) is 0 Å². The maximum atomic E-state index is 9.53. The van der Waals surface area contributed by atoms with Crippen molar-refractivity contribution >= 4 is 0 Å². The molecule has 0 aliphatic rings. The summed E-state index contributed by atoms with van der Waals surface area (Å²) in [6.07, 6.45) is 2.92. The maximum Gasteiger partial charge on any atom is 0.119 e. The highest BCUT2D eigenvalue weighted by molar-refractivity contribution is 5.27. The minimum atomic E-state index is -0.651. The number of ether oxygens (including phenoxy) is 1. The predicted molar refractivity (Wildman–Crippen MR) is 66.8 cm³/mol. The molecule has 0 heterocycles. The Morgan fingerprint density at radius 1 is 1.19 bits per heavy atom. The monoisotopic (exact) mass is 222 g/mol. The van der Waals surface area contributed by atoms with Gasteiger partial charge in [-0.1, -0.05) is 25.5 Å². The first kappa shape index (κ1) is 13.0. The van der Waals surface area contributed by atoms with Gasteiger partial charge in [-0.05, 0) is 38.0 Å². The lowest BCUT2D eigenvalue weighted by Crippen LogP contribution is -2.21. The Balaban J connectivity index is 2.37. The van der Waals surface area contributed by atoms with E-state index in [1.54, 1.807) is 13.8 Å². The highest BCUT2D eigenvalue weighted by atomic mass is 16.5. The standard InChI is InChI=1S/C14H22O2/c1-4-5-12-6-8-13(9-7-12)16-11-10-14(2,3)15/h6-9,15H,4-5,10-11H2,1-3H3. The summed E-state index contributed by atoms with van der Waals surface area (Å²) < 4.78 is 5.56. The van der Waals surface area contributed by atoms with Gasteiger partial charge in [0.25, 0.3) is 0 Å². The van der Waals surface area contributed by atoms with Crippen molar-refractivity contribution in [3.05, 3.63) is 29.8 Å². The van der Waals surface area contributed by atoms with Crippen LogP contribution in [0.1, 0.15) is 39.2 Å². The Bertz CT molecular complexity index is 296. The van der Waals surface area contributed by atoms with Crippen molar-refractivity contribution in [2.24, 2.45) is 0 Å². The van der Waals surface area contributed by atoms with Crippen LogP contribution in [0.25, 0.3) is 0 Å². The van der Waals surface area contributed by atoms with Gasteiger partial charge in [0.15, 0.2) is 0 Å². The number of rotatable bonds is 6. The first-order valence-electron chi connectivity index (χ1n) is 5.95. The molecule has 0 aromatic heterocycles. The van der Waals surface area contributed by atoms with Gasteiger partial charge >= 0.3 is 0 Å². The lowest BCUT2D eigenvalue weighted by atomic mass is 10.1. The molecule has 1 N–H and O–H groups in total. The van der Waals surface area contributed by atoms with Crippen LogP contribution in [-0.4, -0.2) is 17.3 Å². The maximum absolute atomic E-state index is 9.53. The summed E-state index contributed by atoms with van der Waals surface area (Å²) in [5.41, 5.74) is 0.694. The van der Waals surface area contributed by atoms with E-state index in [4.69, 9.17) is 4.74 Å². The quantitative estimate of drug-likeness (QED) is 0.801. The van der Waals surface area contributed by atoms with E-state index in [1.165, 1.54) is 12.0 Å². The van der Waals surface area contributed by atoms with Crippen LogP contribution in [0.4, 0.5) is 0 Å². The predicted octanol–water partition coefficient (Wildman–Crippen LogP) is 3.18. The number of aryl methyl sites for hydroxylation is 1. The summed E-state index contributed by atoms with van der Waals surface area (Å²) in [6, 6.07) is 8.19. The van der Waals surface area contributed by atoms with Gasteiger partial charge in [-0.2, -0.15) is 0 Å². The van der Waals surface area contributed by atoms with E-state index in [0.717, 1.165) is 12.2 Å². The zero-order valence-corrected chi connectivity index (χ0v) is 10.5. The smallest absolute Gasteiger partial charge is 0.119 e. The number of aliphatic hydroxyl groups is 1. The van der Waals surface area contributed by atoms with Gasteiger partial charge in [0, 0.05) is 6.42 Å². The zero-order chi connectivity index (χ0) is 12.0. The molecule has 1 aromatic rings. The van der Waals surface area contributed by atoms with Crippen LogP contribution in [0.5, 0.6) is 5.75 Å². The van der Waals surface area contributed by atoms with Gasteiger partial charge < -0.3 is 9.84 Å². The van der Waals surface area contributed by atoms with Crippen molar-refractivity contribution < 1.29 is 9.84 Å². The molecule has 90 valence electrons. The molecule has 0 aliphatic carbocycles. The molecule has 0 radical (unpaired) electrons. The summed E-state index contributed by atoms with van der Waals surface area (Å²) in [7, 11) is 0. The summed E-state index contributed by atoms with van der Waals surface area (Å²) >= 11 is 0. The van der Waals surface area contributed by atoms with E-state index >= 15 is 0 Å². The second-order valence-electron chi connectivity index (χ2n) is 4.80. The average Bonchev–Trinajstić information content (AvgIpc) is 2.19. The van der Waals surface area contributed by atoms with Crippen molar-refractivity contribution in [2.75, 3.05) is 6.61 Å². The van der Waals surface area contributed by atoms with Gasteiger partial charge in [0.05, 0.1) is 12.2 Å². The zero-order valence-electron chi connectivity index (χ0n) is 10.5. The molecular weight excluding hydrogens is 200 g/mol. The third-order valence-electron chi connectivity index (χ3n) is 2.44. The Morgan fingerprint density at radius 3 is 2.31 bits per heavy atom. The van der Waals surface area contributed by atoms with Crippen LogP contribution in [0.2, 0.25) is 0 Å². The van der Waals surface area contributed by atoms with Crippen molar-refractivity contribution in [2.45, 2.75) is 45.6 Å². The molecular formula is C14H22O2. The summed E-state index contributed by atoms with van der Waals surface area (Å²) in [6.45, 7) is 6.31. The first-order valence-corrected chi connectivity index (χ1v) is 5.95. The van der Waals surface area contributed by atoms with Crippen LogP contribution in [0, 0.1) is 0 Å². The van der Waals surface area contributed by atoms with Gasteiger partial charge in [-0.15, -0.1) is 0 Å². The van der Waals surface area contributed by atoms with E-state index in [0.29, 0.717) is 13.0 Å². The lowest BCUT2D eigenvalue weighted by molar-refractivity contribution is 0.0553. The van der Waals surface area contributed by atoms with Gasteiger partial charge in [0.2, 0.25) is 0 Å². The van der Waals surface area contributed by atoms with Crippen molar-refractivity contribution in [1.82, 2.24) is 0 Å². The molecule has 0 unspecified atom stereocenters. The molecule has 16 heavy (non-hydrogen) atoms. The van der Waals surface area contributed by atoms with Crippen molar-refractivity contribution in [3.63, 3.8) is 0 Å². The number of hydrogen-bond acceptors (Lipinski definition) is 2. The molecule has 0 bridgehead atoms. The topological polar surface area (TPSA) is 29.5 Å². The molecule has 1 rings (SSSR count). The molecule has 0 spiro atoms. The van der Waals surface area contributed by atoms with Crippen LogP contribution >= 0.6 is 0 Å².